The molecule has 0 aromatic rings. The lowest BCUT2D eigenvalue weighted by Crippen LogP contribution is -2.18. The molecular formula is C8H20NO3P. The molecule has 0 amide bonds. The molecule has 0 aliphatic carbocycles. The summed E-state index contributed by atoms with van der Waals surface area (Å²) in [6.45, 7) is 6.37. The Morgan fingerprint density at radius 3 is 2.31 bits per heavy atom. The Morgan fingerprint density at radius 1 is 1.38 bits per heavy atom. The van der Waals surface area contributed by atoms with Crippen LogP contribution in [0.4, 0.5) is 0 Å². The van der Waals surface area contributed by atoms with E-state index in [4.69, 9.17) is 9.05 Å². The molecule has 0 saturated carbocycles. The largest absolute Gasteiger partial charge is 0.327 e. The minimum absolute atomic E-state index is 0.0600. The topological polar surface area (TPSA) is 38.8 Å². The molecule has 0 radical (unpaired) electrons. The van der Waals surface area contributed by atoms with Crippen molar-refractivity contribution in [2.45, 2.75) is 20.0 Å². The van der Waals surface area contributed by atoms with Crippen molar-refractivity contribution in [2.24, 2.45) is 0 Å². The van der Waals surface area contributed by atoms with Crippen molar-refractivity contribution in [3.05, 3.63) is 0 Å². The molecule has 4 nitrogen and oxygen atoms in total. The van der Waals surface area contributed by atoms with Crippen LogP contribution >= 0.6 is 7.60 Å². The summed E-state index contributed by atoms with van der Waals surface area (Å²) in [6, 6.07) is 0. The molecule has 0 aromatic heterocycles. The van der Waals surface area contributed by atoms with Crippen molar-refractivity contribution in [1.29, 1.82) is 0 Å². The van der Waals surface area contributed by atoms with Gasteiger partial charge in [-0.3, -0.25) is 4.57 Å². The van der Waals surface area contributed by atoms with Crippen LogP contribution in [0.3, 0.4) is 0 Å². The van der Waals surface area contributed by atoms with Crippen molar-refractivity contribution in [3.63, 3.8) is 0 Å². The van der Waals surface area contributed by atoms with Gasteiger partial charge in [0.2, 0.25) is 0 Å². The summed E-state index contributed by atoms with van der Waals surface area (Å²) in [4.78, 5) is 1.97. The maximum Gasteiger partial charge on any atom is 0.327 e. The fourth-order valence-corrected chi connectivity index (χ4v) is 2.04. The lowest BCUT2D eigenvalue weighted by atomic mass is 10.5. The average Bonchev–Trinajstić information content (AvgIpc) is 1.81. The van der Waals surface area contributed by atoms with Crippen molar-refractivity contribution in [3.8, 4) is 0 Å². The SMILES string of the molecule is CC(C)OP(C)(=O)OCCN(C)C. The van der Waals surface area contributed by atoms with Gasteiger partial charge in [0, 0.05) is 13.2 Å². The molecule has 1 unspecified atom stereocenters. The highest BCUT2D eigenvalue weighted by Gasteiger charge is 2.18. The van der Waals surface area contributed by atoms with Gasteiger partial charge in [-0.15, -0.1) is 0 Å². The minimum atomic E-state index is -2.83. The highest BCUT2D eigenvalue weighted by Crippen LogP contribution is 2.44. The second kappa shape index (κ2) is 5.76. The maximum atomic E-state index is 11.5. The quantitative estimate of drug-likeness (QED) is 0.625. The Morgan fingerprint density at radius 2 is 1.92 bits per heavy atom. The van der Waals surface area contributed by atoms with Gasteiger partial charge in [-0.05, 0) is 27.9 Å². The smallest absolute Gasteiger partial charge is 0.307 e. The number of hydrogen-bond acceptors (Lipinski definition) is 4. The first-order valence-corrected chi connectivity index (χ1v) is 6.37. The van der Waals surface area contributed by atoms with E-state index in [-0.39, 0.29) is 6.10 Å². The van der Waals surface area contributed by atoms with E-state index in [1.54, 1.807) is 0 Å². The molecule has 0 bridgehead atoms. The van der Waals surface area contributed by atoms with E-state index in [0.29, 0.717) is 6.61 Å². The van der Waals surface area contributed by atoms with Crippen LogP contribution in [-0.2, 0) is 13.6 Å². The van der Waals surface area contributed by atoms with E-state index in [1.165, 1.54) is 6.66 Å². The highest BCUT2D eigenvalue weighted by atomic mass is 31.2. The van der Waals surface area contributed by atoms with Gasteiger partial charge in [-0.1, -0.05) is 0 Å². The Balaban J connectivity index is 3.70. The number of likely N-dealkylation sites (N-methyl/N-ethyl adjacent to an activating group) is 1. The van der Waals surface area contributed by atoms with Crippen LogP contribution in [0, 0.1) is 0 Å². The van der Waals surface area contributed by atoms with Gasteiger partial charge in [0.15, 0.2) is 0 Å². The summed E-state index contributed by atoms with van der Waals surface area (Å²) >= 11 is 0. The lowest BCUT2D eigenvalue weighted by molar-refractivity contribution is 0.163. The molecule has 0 aliphatic rings. The molecule has 0 saturated heterocycles. The monoisotopic (exact) mass is 209 g/mol. The standard InChI is InChI=1S/C8H20NO3P/c1-8(2)12-13(5,10)11-7-6-9(3)4/h8H,6-7H2,1-5H3. The Labute approximate surface area is 80.7 Å². The van der Waals surface area contributed by atoms with Crippen LogP contribution < -0.4 is 0 Å². The van der Waals surface area contributed by atoms with E-state index in [1.807, 2.05) is 32.8 Å². The molecule has 0 fully saturated rings. The van der Waals surface area contributed by atoms with Gasteiger partial charge >= 0.3 is 7.60 Å². The summed E-state index contributed by atoms with van der Waals surface area (Å²) in [5, 5.41) is 0. The van der Waals surface area contributed by atoms with Gasteiger partial charge in [-0.2, -0.15) is 0 Å². The first-order chi connectivity index (χ1) is 5.83. The zero-order valence-electron chi connectivity index (χ0n) is 9.11. The second-order valence-corrected chi connectivity index (χ2v) is 5.57. The molecule has 80 valence electrons. The van der Waals surface area contributed by atoms with Crippen molar-refractivity contribution < 1.29 is 13.6 Å². The molecule has 0 aromatic carbocycles. The molecule has 0 N–H and O–H groups in total. The molecule has 5 heteroatoms. The normalized spacial score (nSPS) is 16.5. The van der Waals surface area contributed by atoms with Crippen LogP contribution in [0.1, 0.15) is 13.8 Å². The fourth-order valence-electron chi connectivity index (χ4n) is 0.803. The fraction of sp³-hybridized carbons (Fsp3) is 1.00. The van der Waals surface area contributed by atoms with Gasteiger partial charge in [0.25, 0.3) is 0 Å². The Kier molecular flexibility index (Phi) is 5.81. The third-order valence-corrected chi connectivity index (χ3v) is 2.72. The van der Waals surface area contributed by atoms with E-state index < -0.39 is 7.60 Å². The first-order valence-electron chi connectivity index (χ1n) is 4.38. The van der Waals surface area contributed by atoms with Crippen molar-refractivity contribution in [2.75, 3.05) is 33.9 Å². The molecule has 13 heavy (non-hydrogen) atoms. The van der Waals surface area contributed by atoms with Crippen molar-refractivity contribution >= 4 is 7.60 Å². The van der Waals surface area contributed by atoms with E-state index in [0.717, 1.165) is 6.54 Å². The lowest BCUT2D eigenvalue weighted by Gasteiger charge is -2.17. The van der Waals surface area contributed by atoms with Gasteiger partial charge in [-0.25, -0.2) is 0 Å². The van der Waals surface area contributed by atoms with Crippen LogP contribution in [-0.4, -0.2) is 44.9 Å². The van der Waals surface area contributed by atoms with Crippen LogP contribution in [0.25, 0.3) is 0 Å². The van der Waals surface area contributed by atoms with Crippen LogP contribution in [0.2, 0.25) is 0 Å². The van der Waals surface area contributed by atoms with E-state index in [2.05, 4.69) is 0 Å². The third-order valence-electron chi connectivity index (χ3n) is 1.27. The zero-order valence-corrected chi connectivity index (χ0v) is 10.0. The average molecular weight is 209 g/mol. The summed E-state index contributed by atoms with van der Waals surface area (Å²) in [7, 11) is 1.04. The zero-order chi connectivity index (χ0) is 10.5. The van der Waals surface area contributed by atoms with Gasteiger partial charge in [0.1, 0.15) is 0 Å². The van der Waals surface area contributed by atoms with Crippen LogP contribution in [0.15, 0.2) is 0 Å². The number of rotatable bonds is 6. The molecule has 1 atom stereocenters. The number of hydrogen-bond donors (Lipinski definition) is 0. The van der Waals surface area contributed by atoms with Crippen LogP contribution in [0.5, 0.6) is 0 Å². The molecule has 0 aliphatic heterocycles. The summed E-state index contributed by atoms with van der Waals surface area (Å²) in [5.41, 5.74) is 0. The Hall–Kier alpha value is 0.110. The minimum Gasteiger partial charge on any atom is -0.307 e. The van der Waals surface area contributed by atoms with Gasteiger partial charge in [0.05, 0.1) is 12.7 Å². The molecular weight excluding hydrogens is 189 g/mol. The first kappa shape index (κ1) is 13.1. The predicted octanol–water partition coefficient (Wildman–Crippen LogP) is 1.81. The van der Waals surface area contributed by atoms with Gasteiger partial charge < -0.3 is 13.9 Å². The maximum absolute atomic E-state index is 11.5. The van der Waals surface area contributed by atoms with Crippen molar-refractivity contribution in [1.82, 2.24) is 4.90 Å². The molecule has 0 spiro atoms. The summed E-state index contributed by atoms with van der Waals surface area (Å²) in [6.07, 6.45) is -0.0600. The number of nitrogens with zero attached hydrogens (tertiary/aromatic N) is 1. The molecule has 0 heterocycles. The predicted molar refractivity (Wildman–Crippen MR) is 54.3 cm³/mol. The van der Waals surface area contributed by atoms with E-state index in [9.17, 15) is 4.57 Å². The highest BCUT2D eigenvalue weighted by molar-refractivity contribution is 7.52. The summed E-state index contributed by atoms with van der Waals surface area (Å²) in [5.74, 6) is 0. The second-order valence-electron chi connectivity index (χ2n) is 3.56. The summed E-state index contributed by atoms with van der Waals surface area (Å²) < 4.78 is 21.8. The third kappa shape index (κ3) is 8.44. The van der Waals surface area contributed by atoms with E-state index >= 15 is 0 Å². The Bertz CT molecular complexity index is 182. The molecule has 0 rings (SSSR count).